The summed E-state index contributed by atoms with van der Waals surface area (Å²) in [7, 11) is -14.9. The van der Waals surface area contributed by atoms with Gasteiger partial charge < -0.3 is 34.7 Å². The van der Waals surface area contributed by atoms with E-state index in [1.165, 1.54) is 24.3 Å². The molecule has 0 aliphatic rings. The van der Waals surface area contributed by atoms with Crippen LogP contribution in [0.25, 0.3) is 10.8 Å². The predicted molar refractivity (Wildman–Crippen MR) is 166 cm³/mol. The summed E-state index contributed by atoms with van der Waals surface area (Å²) in [6.07, 6.45) is 0. The molecule has 4 aromatic carbocycles. The van der Waals surface area contributed by atoms with Crippen molar-refractivity contribution in [1.82, 2.24) is 15.0 Å². The van der Waals surface area contributed by atoms with Crippen LogP contribution in [0.2, 0.25) is 5.28 Å². The van der Waals surface area contributed by atoms with Crippen molar-refractivity contribution in [2.45, 2.75) is 19.6 Å². The SMILES string of the molecule is O=S(=O)([O-])c1ccc(Nc2nc(Cl)nc(Nc3cc(S(=O)(=O)[O-])cc4cc(SOO[O-])c(N=Nc5ccccc5S(=O)(=O)[O-])c(O)c34)n2)cc1.[Na+].[Na+].[Na+].[Na+]. The van der Waals surface area contributed by atoms with E-state index >= 15 is 0 Å². The molecule has 0 spiro atoms. The second-order valence-corrected chi connectivity index (χ2v) is 14.6. The maximum Gasteiger partial charge on any atom is 1.00 e. The van der Waals surface area contributed by atoms with Gasteiger partial charge in [0, 0.05) is 11.1 Å². The van der Waals surface area contributed by atoms with Crippen LogP contribution in [0.4, 0.5) is 34.6 Å². The molecular formula is C25H14ClN7Na4O13S4. The summed E-state index contributed by atoms with van der Waals surface area (Å²) in [6, 6.07) is 11.9. The second-order valence-electron chi connectivity index (χ2n) is 9.42. The zero-order valence-electron chi connectivity index (χ0n) is 27.9. The molecule has 0 bridgehead atoms. The standard InChI is InChI=1S/C25H18ClN7O13S4.4Na/c26-23-29-24(27-13-5-7-14(8-6-13)48(36,37)38)31-25(30-23)28-17-11-15(49(39,40)41)9-12-10-18(47-46-45-35)21(22(34)20(12)17)33-32-16-3-1-2-4-19(16)50(42,43)44;;;;/h1-11,34-35H,(H,36,37,38)(H,39,40,41)(H,42,43,44)(H2,27,28,29,30,31);;;;/q;4*+1/p-4. The number of nitrogens with one attached hydrogen (secondary N) is 2. The summed E-state index contributed by atoms with van der Waals surface area (Å²) >= 11 is 6.22. The topological polar surface area (TPSA) is 321 Å². The van der Waals surface area contributed by atoms with Gasteiger partial charge in [-0.05, 0) is 71.6 Å². The number of phenols is 1. The molecule has 5 aromatic rings. The first-order chi connectivity index (χ1) is 23.4. The minimum atomic E-state index is -5.17. The van der Waals surface area contributed by atoms with Gasteiger partial charge in [-0.2, -0.15) is 19.3 Å². The van der Waals surface area contributed by atoms with E-state index in [9.17, 15) is 49.3 Å². The fourth-order valence-electron chi connectivity index (χ4n) is 4.18. The summed E-state index contributed by atoms with van der Waals surface area (Å²) in [5, 5.41) is 37.4. The van der Waals surface area contributed by atoms with Gasteiger partial charge in [0.1, 0.15) is 41.7 Å². The van der Waals surface area contributed by atoms with E-state index < -0.39 is 73.4 Å². The fourth-order valence-corrected chi connectivity index (χ4v) is 6.45. The number of benzene rings is 4. The van der Waals surface area contributed by atoms with Crippen LogP contribution >= 0.6 is 23.6 Å². The Kier molecular flexibility index (Phi) is 20.4. The maximum absolute atomic E-state index is 12.1. The Bertz CT molecular complexity index is 2510. The van der Waals surface area contributed by atoms with Crippen LogP contribution < -0.4 is 134 Å². The molecule has 0 aliphatic carbocycles. The Balaban J connectivity index is 0.00000364. The quantitative estimate of drug-likeness (QED) is 0.0262. The third kappa shape index (κ3) is 13.2. The van der Waals surface area contributed by atoms with Crippen LogP contribution in [0, 0.1) is 0 Å². The van der Waals surface area contributed by atoms with Gasteiger partial charge in [-0.3, -0.25) is 5.04 Å². The molecule has 0 saturated carbocycles. The number of hydrogen-bond acceptors (Lipinski definition) is 21. The molecule has 0 aliphatic heterocycles. The first kappa shape index (κ1) is 51.4. The fraction of sp³-hybridized carbons (Fsp3) is 0. The van der Waals surface area contributed by atoms with Gasteiger partial charge in [0.2, 0.25) is 17.2 Å². The van der Waals surface area contributed by atoms with Gasteiger partial charge in [0.05, 0.1) is 37.3 Å². The van der Waals surface area contributed by atoms with E-state index in [2.05, 4.69) is 45.2 Å². The Labute approximate surface area is 403 Å². The van der Waals surface area contributed by atoms with Crippen molar-refractivity contribution in [3.8, 4) is 5.75 Å². The van der Waals surface area contributed by atoms with Crippen LogP contribution in [-0.2, 0) is 39.7 Å². The Morgan fingerprint density at radius 2 is 1.33 bits per heavy atom. The molecule has 0 radical (unpaired) electrons. The molecule has 0 saturated heterocycles. The molecule has 29 heteroatoms. The van der Waals surface area contributed by atoms with Crippen LogP contribution in [-0.4, -0.2) is 59.0 Å². The molecule has 3 N–H and O–H groups in total. The van der Waals surface area contributed by atoms with Gasteiger partial charge in [-0.15, -0.1) is 10.2 Å². The molecule has 1 heterocycles. The number of fused-ring (bicyclic) bond motifs is 1. The smallest absolute Gasteiger partial charge is 0.744 e. The molecule has 0 amide bonds. The summed E-state index contributed by atoms with van der Waals surface area (Å²) in [5.41, 5.74) is -1.10. The van der Waals surface area contributed by atoms with Crippen LogP contribution in [0.1, 0.15) is 0 Å². The number of rotatable bonds is 12. The van der Waals surface area contributed by atoms with E-state index in [-0.39, 0.29) is 163 Å². The van der Waals surface area contributed by atoms with E-state index in [0.29, 0.717) is 0 Å². The predicted octanol–water partition coefficient (Wildman–Crippen LogP) is -8.75. The molecule has 1 aromatic heterocycles. The van der Waals surface area contributed by atoms with E-state index in [1.54, 1.807) is 0 Å². The molecule has 54 heavy (non-hydrogen) atoms. The number of aromatic hydroxyl groups is 1. The molecule has 0 fully saturated rings. The third-order valence-electron chi connectivity index (χ3n) is 6.21. The van der Waals surface area contributed by atoms with E-state index in [0.717, 1.165) is 42.5 Å². The van der Waals surface area contributed by atoms with E-state index in [1.807, 2.05) is 0 Å². The summed E-state index contributed by atoms with van der Waals surface area (Å²) in [6.45, 7) is 0. The summed E-state index contributed by atoms with van der Waals surface area (Å²) in [4.78, 5) is 9.51. The Morgan fingerprint density at radius 3 is 1.91 bits per heavy atom. The normalized spacial score (nSPS) is 11.5. The number of halogens is 1. The number of nitrogens with zero attached hydrogens (tertiary/aromatic N) is 5. The monoisotopic (exact) mass is 875 g/mol. The van der Waals surface area contributed by atoms with Crippen LogP contribution in [0.15, 0.2) is 96.5 Å². The number of aromatic nitrogens is 3. The zero-order valence-corrected chi connectivity index (χ0v) is 40.0. The summed E-state index contributed by atoms with van der Waals surface area (Å²) in [5.74, 6) is -1.46. The van der Waals surface area contributed by atoms with Crippen molar-refractivity contribution in [1.29, 1.82) is 0 Å². The Morgan fingerprint density at radius 1 is 0.741 bits per heavy atom. The van der Waals surface area contributed by atoms with Crippen molar-refractivity contribution < 1.29 is 177 Å². The van der Waals surface area contributed by atoms with E-state index in [4.69, 9.17) is 11.6 Å². The molecule has 262 valence electrons. The van der Waals surface area contributed by atoms with Gasteiger partial charge in [0.15, 0.2) is 5.75 Å². The number of azo groups is 1. The maximum atomic E-state index is 12.1. The second kappa shape index (κ2) is 21.4. The van der Waals surface area contributed by atoms with Gasteiger partial charge in [-0.25, -0.2) is 25.3 Å². The Hall–Kier alpha value is -0.600. The molecule has 0 unspecified atom stereocenters. The first-order valence-corrected chi connectivity index (χ1v) is 18.2. The first-order valence-electron chi connectivity index (χ1n) is 12.8. The van der Waals surface area contributed by atoms with Gasteiger partial charge in [0.25, 0.3) is 0 Å². The minimum absolute atomic E-state index is 0. The zero-order chi connectivity index (χ0) is 36.4. The van der Waals surface area contributed by atoms with Crippen molar-refractivity contribution in [2.75, 3.05) is 10.6 Å². The van der Waals surface area contributed by atoms with Crippen LogP contribution in [0.5, 0.6) is 5.75 Å². The largest absolute Gasteiger partial charge is 1.00 e. The van der Waals surface area contributed by atoms with Crippen molar-refractivity contribution in [2.24, 2.45) is 10.2 Å². The molecule has 5 rings (SSSR count). The number of anilines is 4. The average molecular weight is 876 g/mol. The molecular weight excluding hydrogens is 862 g/mol. The number of hydrogen-bond donors (Lipinski definition) is 3. The molecule has 0 atom stereocenters. The van der Waals surface area contributed by atoms with Crippen molar-refractivity contribution in [3.63, 3.8) is 0 Å². The average Bonchev–Trinajstić information content (AvgIpc) is 3.02. The van der Waals surface area contributed by atoms with Crippen LogP contribution in [0.3, 0.4) is 0 Å². The summed E-state index contributed by atoms with van der Waals surface area (Å²) < 4.78 is 109. The minimum Gasteiger partial charge on any atom is -0.744 e. The van der Waals surface area contributed by atoms with Crippen molar-refractivity contribution >= 4 is 99.4 Å². The molecule has 20 nitrogen and oxygen atoms in total. The third-order valence-corrected chi connectivity index (χ3v) is 9.54. The van der Waals surface area contributed by atoms with Gasteiger partial charge >= 0.3 is 118 Å². The van der Waals surface area contributed by atoms with Gasteiger partial charge in [-0.1, -0.05) is 12.1 Å². The van der Waals surface area contributed by atoms with Crippen molar-refractivity contribution in [3.05, 3.63) is 72.0 Å². The number of phenolic OH excluding ortho intramolecular Hbond substituents is 1.